The Kier molecular flexibility index (Phi) is 2.65. The van der Waals surface area contributed by atoms with Gasteiger partial charge in [-0.1, -0.05) is 0 Å². The lowest BCUT2D eigenvalue weighted by Gasteiger charge is -2.33. The lowest BCUT2D eigenvalue weighted by molar-refractivity contribution is 0.183. The SMILES string of the molecule is CCNC1=C2NC(C3CC3)=NC2N(CC)C(=O)N1. The second kappa shape index (κ2) is 4.19. The van der Waals surface area contributed by atoms with Crippen LogP contribution in [0.25, 0.3) is 0 Å². The first-order valence-corrected chi connectivity index (χ1v) is 6.65. The number of carbonyl (C=O) groups is 1. The fraction of sp³-hybridized carbons (Fsp3) is 0.667. The molecular weight excluding hydrogens is 230 g/mol. The van der Waals surface area contributed by atoms with Crippen LogP contribution in [0.1, 0.15) is 26.7 Å². The summed E-state index contributed by atoms with van der Waals surface area (Å²) in [6.07, 6.45) is 2.24. The highest BCUT2D eigenvalue weighted by molar-refractivity contribution is 5.92. The Morgan fingerprint density at radius 3 is 2.78 bits per heavy atom. The highest BCUT2D eigenvalue weighted by Crippen LogP contribution is 2.34. The van der Waals surface area contributed by atoms with E-state index in [9.17, 15) is 4.79 Å². The molecule has 0 aromatic carbocycles. The number of amidine groups is 1. The van der Waals surface area contributed by atoms with Gasteiger partial charge >= 0.3 is 6.03 Å². The van der Waals surface area contributed by atoms with Crippen LogP contribution in [-0.4, -0.2) is 36.0 Å². The van der Waals surface area contributed by atoms with Crippen molar-refractivity contribution in [3.63, 3.8) is 0 Å². The number of urea groups is 1. The molecule has 1 unspecified atom stereocenters. The van der Waals surface area contributed by atoms with Crippen LogP contribution in [0.3, 0.4) is 0 Å². The van der Waals surface area contributed by atoms with Crippen LogP contribution >= 0.6 is 0 Å². The van der Waals surface area contributed by atoms with Gasteiger partial charge in [-0.3, -0.25) is 10.2 Å². The van der Waals surface area contributed by atoms with Crippen LogP contribution < -0.4 is 16.0 Å². The minimum atomic E-state index is -0.173. The maximum atomic E-state index is 12.0. The van der Waals surface area contributed by atoms with E-state index >= 15 is 0 Å². The number of amides is 2. The van der Waals surface area contributed by atoms with Crippen molar-refractivity contribution in [3.05, 3.63) is 11.5 Å². The van der Waals surface area contributed by atoms with Crippen molar-refractivity contribution in [2.45, 2.75) is 32.9 Å². The van der Waals surface area contributed by atoms with Crippen molar-refractivity contribution in [3.8, 4) is 0 Å². The number of aliphatic imine (C=N–C) groups is 1. The van der Waals surface area contributed by atoms with Gasteiger partial charge in [-0.05, 0) is 26.7 Å². The van der Waals surface area contributed by atoms with Crippen LogP contribution in [0, 0.1) is 5.92 Å². The van der Waals surface area contributed by atoms with Crippen LogP contribution in [0.4, 0.5) is 4.79 Å². The third kappa shape index (κ3) is 1.72. The quantitative estimate of drug-likeness (QED) is 0.681. The molecule has 3 rings (SSSR count). The van der Waals surface area contributed by atoms with Gasteiger partial charge in [-0.2, -0.15) is 0 Å². The van der Waals surface area contributed by atoms with Crippen molar-refractivity contribution in [1.29, 1.82) is 0 Å². The van der Waals surface area contributed by atoms with E-state index in [2.05, 4.69) is 20.9 Å². The van der Waals surface area contributed by atoms with Gasteiger partial charge in [0.1, 0.15) is 17.4 Å². The minimum absolute atomic E-state index is 0.0789. The zero-order valence-corrected chi connectivity index (χ0v) is 10.8. The average Bonchev–Trinajstić information content (AvgIpc) is 3.10. The first-order chi connectivity index (χ1) is 8.74. The normalized spacial score (nSPS) is 26.6. The molecule has 2 amide bonds. The molecule has 0 aromatic rings. The van der Waals surface area contributed by atoms with E-state index in [-0.39, 0.29) is 12.2 Å². The summed E-state index contributed by atoms with van der Waals surface area (Å²) in [5.74, 6) is 2.39. The fourth-order valence-corrected chi connectivity index (χ4v) is 2.40. The van der Waals surface area contributed by atoms with Crippen molar-refractivity contribution in [2.24, 2.45) is 10.9 Å². The number of carbonyl (C=O) groups excluding carboxylic acids is 1. The smallest absolute Gasteiger partial charge is 0.325 e. The Bertz CT molecular complexity index is 438. The number of nitrogens with zero attached hydrogens (tertiary/aromatic N) is 2. The van der Waals surface area contributed by atoms with Crippen LogP contribution in [0.15, 0.2) is 16.5 Å². The fourth-order valence-electron chi connectivity index (χ4n) is 2.40. The molecule has 3 aliphatic rings. The maximum Gasteiger partial charge on any atom is 0.325 e. The molecular formula is C12H19N5O. The average molecular weight is 249 g/mol. The van der Waals surface area contributed by atoms with Crippen molar-refractivity contribution >= 4 is 11.9 Å². The predicted molar refractivity (Wildman–Crippen MR) is 68.7 cm³/mol. The van der Waals surface area contributed by atoms with Gasteiger partial charge in [0.25, 0.3) is 0 Å². The van der Waals surface area contributed by atoms with E-state index in [4.69, 9.17) is 0 Å². The van der Waals surface area contributed by atoms with Gasteiger partial charge in [-0.25, -0.2) is 9.79 Å². The van der Waals surface area contributed by atoms with Gasteiger partial charge < -0.3 is 10.6 Å². The highest BCUT2D eigenvalue weighted by atomic mass is 16.2. The zero-order valence-electron chi connectivity index (χ0n) is 10.8. The molecule has 1 aliphatic carbocycles. The van der Waals surface area contributed by atoms with E-state index in [1.54, 1.807) is 4.90 Å². The van der Waals surface area contributed by atoms with E-state index in [1.165, 1.54) is 12.8 Å². The molecule has 3 N–H and O–H groups in total. The summed E-state index contributed by atoms with van der Waals surface area (Å²) in [5, 5.41) is 9.47. The Morgan fingerprint density at radius 1 is 1.39 bits per heavy atom. The number of likely N-dealkylation sites (N-methyl/N-ethyl adjacent to an activating group) is 1. The second-order valence-electron chi connectivity index (χ2n) is 4.82. The van der Waals surface area contributed by atoms with Crippen LogP contribution in [-0.2, 0) is 0 Å². The third-order valence-electron chi connectivity index (χ3n) is 3.50. The van der Waals surface area contributed by atoms with Crippen LogP contribution in [0.2, 0.25) is 0 Å². The van der Waals surface area contributed by atoms with Gasteiger partial charge in [0.15, 0.2) is 6.17 Å². The molecule has 98 valence electrons. The molecule has 0 bridgehead atoms. The van der Waals surface area contributed by atoms with E-state index in [0.29, 0.717) is 12.5 Å². The summed E-state index contributed by atoms with van der Waals surface area (Å²) >= 11 is 0. The Hall–Kier alpha value is -1.72. The number of hydrogen-bond donors (Lipinski definition) is 3. The van der Waals surface area contributed by atoms with E-state index in [1.807, 2.05) is 13.8 Å². The summed E-state index contributed by atoms with van der Waals surface area (Å²) in [4.78, 5) is 18.4. The molecule has 1 fully saturated rings. The molecule has 2 heterocycles. The second-order valence-corrected chi connectivity index (χ2v) is 4.82. The van der Waals surface area contributed by atoms with Crippen molar-refractivity contribution in [1.82, 2.24) is 20.9 Å². The van der Waals surface area contributed by atoms with Gasteiger partial charge in [0.2, 0.25) is 0 Å². The van der Waals surface area contributed by atoms with E-state index in [0.717, 1.165) is 23.9 Å². The van der Waals surface area contributed by atoms with Gasteiger partial charge in [-0.15, -0.1) is 0 Å². The molecule has 6 heteroatoms. The molecule has 1 saturated carbocycles. The summed E-state index contributed by atoms with van der Waals surface area (Å²) in [5.41, 5.74) is 0.986. The summed E-state index contributed by atoms with van der Waals surface area (Å²) in [7, 11) is 0. The molecule has 0 saturated heterocycles. The first-order valence-electron chi connectivity index (χ1n) is 6.65. The molecule has 0 radical (unpaired) electrons. The van der Waals surface area contributed by atoms with E-state index < -0.39 is 0 Å². The van der Waals surface area contributed by atoms with Crippen molar-refractivity contribution < 1.29 is 4.79 Å². The van der Waals surface area contributed by atoms with Crippen LogP contribution in [0.5, 0.6) is 0 Å². The summed E-state index contributed by atoms with van der Waals surface area (Å²) < 4.78 is 0. The third-order valence-corrected chi connectivity index (χ3v) is 3.50. The molecule has 0 aromatic heterocycles. The van der Waals surface area contributed by atoms with Gasteiger partial charge in [0, 0.05) is 19.0 Å². The summed E-state index contributed by atoms with van der Waals surface area (Å²) in [6, 6.07) is -0.0789. The molecule has 18 heavy (non-hydrogen) atoms. The number of fused-ring (bicyclic) bond motifs is 1. The molecule has 6 nitrogen and oxygen atoms in total. The Labute approximate surface area is 107 Å². The minimum Gasteiger partial charge on any atom is -0.370 e. The molecule has 2 aliphatic heterocycles. The Morgan fingerprint density at radius 2 is 2.17 bits per heavy atom. The zero-order chi connectivity index (χ0) is 12.7. The lowest BCUT2D eigenvalue weighted by Crippen LogP contribution is -2.53. The first kappa shape index (κ1) is 11.4. The number of hydrogen-bond acceptors (Lipinski definition) is 4. The van der Waals surface area contributed by atoms with Crippen molar-refractivity contribution in [2.75, 3.05) is 13.1 Å². The topological polar surface area (TPSA) is 68.8 Å². The number of nitrogens with one attached hydrogen (secondary N) is 3. The Balaban J connectivity index is 1.93. The largest absolute Gasteiger partial charge is 0.370 e. The number of rotatable bonds is 4. The predicted octanol–water partition coefficient (Wildman–Crippen LogP) is 0.548. The maximum absolute atomic E-state index is 12.0. The molecule has 0 spiro atoms. The van der Waals surface area contributed by atoms with Gasteiger partial charge in [0.05, 0.1) is 0 Å². The lowest BCUT2D eigenvalue weighted by atomic mass is 10.2. The summed E-state index contributed by atoms with van der Waals surface area (Å²) in [6.45, 7) is 5.42. The molecule has 1 atom stereocenters. The monoisotopic (exact) mass is 249 g/mol. The highest BCUT2D eigenvalue weighted by Gasteiger charge is 2.41. The standard InChI is InChI=1S/C12H19N5O/c1-3-13-10-8-11(17(4-2)12(18)16-10)15-9(14-8)7-5-6-7/h7,11,13H,3-6H2,1-2H3,(H,14,15)(H,16,18).